The molecule has 1 saturated carbocycles. The Labute approximate surface area is 92.8 Å². The molecule has 1 aromatic heterocycles. The number of benzene rings is 1. The monoisotopic (exact) mass is 213 g/mol. The Morgan fingerprint density at radius 3 is 2.94 bits per heavy atom. The van der Waals surface area contributed by atoms with Gasteiger partial charge in [-0.25, -0.2) is 4.79 Å². The van der Waals surface area contributed by atoms with Gasteiger partial charge in [-0.1, -0.05) is 18.2 Å². The molecule has 80 valence electrons. The van der Waals surface area contributed by atoms with Crippen LogP contribution in [0.2, 0.25) is 0 Å². The predicted octanol–water partition coefficient (Wildman–Crippen LogP) is 3.07. The molecule has 0 N–H and O–H groups in total. The highest BCUT2D eigenvalue weighted by molar-refractivity contribution is 5.82. The predicted molar refractivity (Wildman–Crippen MR) is 60.0 cm³/mol. The summed E-state index contributed by atoms with van der Waals surface area (Å²) in [6.45, 7) is 1.92. The smallest absolute Gasteiger partial charge is 0.235 e. The Hall–Kier alpha value is -1.86. The number of para-hydroxylation sites is 1. The number of rotatable bonds is 2. The maximum Gasteiger partial charge on any atom is 0.235 e. The second kappa shape index (κ2) is 3.06. The van der Waals surface area contributed by atoms with E-state index < -0.39 is 0 Å². The third kappa shape index (κ3) is 1.22. The van der Waals surface area contributed by atoms with Crippen molar-refractivity contribution in [2.45, 2.75) is 25.3 Å². The van der Waals surface area contributed by atoms with Crippen molar-refractivity contribution >= 4 is 17.0 Å². The number of hydrogen-bond donors (Lipinski definition) is 0. The number of carbonyl (C=O) groups excluding carboxylic acids is 1. The first-order valence-electron chi connectivity index (χ1n) is 5.34. The van der Waals surface area contributed by atoms with Gasteiger partial charge in [0.1, 0.15) is 16.9 Å². The average Bonchev–Trinajstić information content (AvgIpc) is 2.92. The molecular formula is C13H11NO2. The summed E-state index contributed by atoms with van der Waals surface area (Å²) >= 11 is 0. The highest BCUT2D eigenvalue weighted by Crippen LogP contribution is 2.51. The summed E-state index contributed by atoms with van der Waals surface area (Å²) < 4.78 is 5.68. The van der Waals surface area contributed by atoms with Crippen LogP contribution in [0.25, 0.3) is 11.0 Å². The van der Waals surface area contributed by atoms with Crippen molar-refractivity contribution in [2.75, 3.05) is 0 Å². The van der Waals surface area contributed by atoms with Crippen LogP contribution in [0.4, 0.5) is 0 Å². The van der Waals surface area contributed by atoms with E-state index in [0.717, 1.165) is 35.1 Å². The second-order valence-electron chi connectivity index (χ2n) is 4.32. The molecule has 0 bridgehead atoms. The van der Waals surface area contributed by atoms with Gasteiger partial charge >= 0.3 is 0 Å². The number of nitrogens with zero attached hydrogens (tertiary/aromatic N) is 1. The number of fused-ring (bicyclic) bond motifs is 1. The molecule has 1 fully saturated rings. The maximum absolute atomic E-state index is 10.5. The fraction of sp³-hybridized carbons (Fsp3) is 0.308. The van der Waals surface area contributed by atoms with E-state index in [1.807, 2.05) is 31.2 Å². The SMILES string of the molecule is Cc1cc2cccc(C3(N=C=O)CC3)c2o1. The van der Waals surface area contributed by atoms with Crippen LogP contribution in [0.3, 0.4) is 0 Å². The van der Waals surface area contributed by atoms with Crippen LogP contribution in [-0.2, 0) is 10.3 Å². The molecule has 16 heavy (non-hydrogen) atoms. The second-order valence-corrected chi connectivity index (χ2v) is 4.32. The van der Waals surface area contributed by atoms with Gasteiger partial charge in [0.15, 0.2) is 0 Å². The van der Waals surface area contributed by atoms with Crippen molar-refractivity contribution in [1.29, 1.82) is 0 Å². The summed E-state index contributed by atoms with van der Waals surface area (Å²) in [7, 11) is 0. The average molecular weight is 213 g/mol. The van der Waals surface area contributed by atoms with Gasteiger partial charge < -0.3 is 4.42 Å². The molecular weight excluding hydrogens is 202 g/mol. The van der Waals surface area contributed by atoms with Crippen LogP contribution >= 0.6 is 0 Å². The molecule has 0 atom stereocenters. The number of isocyanates is 1. The van der Waals surface area contributed by atoms with Gasteiger partial charge in [0.05, 0.1) is 0 Å². The molecule has 1 aliphatic carbocycles. The van der Waals surface area contributed by atoms with E-state index in [9.17, 15) is 4.79 Å². The standard InChI is InChI=1S/C13H11NO2/c1-9-7-10-3-2-4-11(12(10)16-9)13(5-6-13)14-8-15/h2-4,7H,5-6H2,1H3. The van der Waals surface area contributed by atoms with Gasteiger partial charge in [0.25, 0.3) is 0 Å². The molecule has 1 aliphatic rings. The Morgan fingerprint density at radius 2 is 2.25 bits per heavy atom. The van der Waals surface area contributed by atoms with Crippen LogP contribution in [0.5, 0.6) is 0 Å². The number of hydrogen-bond acceptors (Lipinski definition) is 3. The zero-order chi connectivity index (χ0) is 11.2. The largest absolute Gasteiger partial charge is 0.461 e. The quantitative estimate of drug-likeness (QED) is 0.568. The van der Waals surface area contributed by atoms with Gasteiger partial charge in [-0.2, -0.15) is 4.99 Å². The summed E-state index contributed by atoms with van der Waals surface area (Å²) in [5.74, 6) is 0.883. The third-order valence-corrected chi connectivity index (χ3v) is 3.15. The number of aliphatic imine (C=N–C) groups is 1. The Balaban J connectivity index is 2.27. The summed E-state index contributed by atoms with van der Waals surface area (Å²) in [6.07, 6.45) is 3.48. The first-order chi connectivity index (χ1) is 7.75. The molecule has 3 nitrogen and oxygen atoms in total. The topological polar surface area (TPSA) is 42.6 Å². The van der Waals surface area contributed by atoms with Crippen LogP contribution in [0.1, 0.15) is 24.2 Å². The van der Waals surface area contributed by atoms with Crippen molar-refractivity contribution in [1.82, 2.24) is 0 Å². The lowest BCUT2D eigenvalue weighted by atomic mass is 10.0. The first kappa shape index (κ1) is 9.37. The van der Waals surface area contributed by atoms with Gasteiger partial charge in [-0.15, -0.1) is 0 Å². The van der Waals surface area contributed by atoms with Crippen LogP contribution < -0.4 is 0 Å². The molecule has 1 aromatic carbocycles. The van der Waals surface area contributed by atoms with E-state index in [4.69, 9.17) is 4.42 Å². The van der Waals surface area contributed by atoms with Gasteiger partial charge in [-0.05, 0) is 25.8 Å². The fourth-order valence-corrected chi connectivity index (χ4v) is 2.21. The molecule has 1 heterocycles. The molecule has 0 saturated heterocycles. The lowest BCUT2D eigenvalue weighted by molar-refractivity contribution is 0.551. The van der Waals surface area contributed by atoms with Crippen LogP contribution in [0.15, 0.2) is 33.7 Å². The Morgan fingerprint density at radius 1 is 1.44 bits per heavy atom. The molecule has 3 heteroatoms. The summed E-state index contributed by atoms with van der Waals surface area (Å²) in [5, 5.41) is 1.07. The van der Waals surface area contributed by atoms with Crippen molar-refractivity contribution in [3.63, 3.8) is 0 Å². The van der Waals surface area contributed by atoms with E-state index in [-0.39, 0.29) is 5.54 Å². The number of aryl methyl sites for hydroxylation is 1. The minimum absolute atomic E-state index is 0.356. The van der Waals surface area contributed by atoms with Crippen molar-refractivity contribution in [3.8, 4) is 0 Å². The zero-order valence-electron chi connectivity index (χ0n) is 8.99. The molecule has 3 rings (SSSR count). The van der Waals surface area contributed by atoms with E-state index in [0.29, 0.717) is 0 Å². The molecule has 0 radical (unpaired) electrons. The first-order valence-corrected chi connectivity index (χ1v) is 5.34. The van der Waals surface area contributed by atoms with Crippen LogP contribution in [0, 0.1) is 6.92 Å². The molecule has 0 amide bonds. The minimum Gasteiger partial charge on any atom is -0.461 e. The van der Waals surface area contributed by atoms with E-state index >= 15 is 0 Å². The molecule has 0 aliphatic heterocycles. The molecule has 2 aromatic rings. The zero-order valence-corrected chi connectivity index (χ0v) is 8.99. The van der Waals surface area contributed by atoms with Crippen LogP contribution in [-0.4, -0.2) is 6.08 Å². The molecule has 0 spiro atoms. The van der Waals surface area contributed by atoms with Crippen molar-refractivity contribution in [3.05, 3.63) is 35.6 Å². The highest BCUT2D eigenvalue weighted by Gasteiger charge is 2.46. The van der Waals surface area contributed by atoms with E-state index in [2.05, 4.69) is 4.99 Å². The van der Waals surface area contributed by atoms with Gasteiger partial charge in [0.2, 0.25) is 6.08 Å². The summed E-state index contributed by atoms with van der Waals surface area (Å²) in [5.41, 5.74) is 1.52. The molecule has 0 unspecified atom stereocenters. The van der Waals surface area contributed by atoms with Crippen molar-refractivity contribution < 1.29 is 9.21 Å². The minimum atomic E-state index is -0.356. The van der Waals surface area contributed by atoms with Gasteiger partial charge in [-0.3, -0.25) is 0 Å². The normalized spacial score (nSPS) is 17.1. The number of furan rings is 1. The maximum atomic E-state index is 10.5. The van der Waals surface area contributed by atoms with Gasteiger partial charge in [0, 0.05) is 10.9 Å². The lowest BCUT2D eigenvalue weighted by Crippen LogP contribution is -2.02. The fourth-order valence-electron chi connectivity index (χ4n) is 2.21. The highest BCUT2D eigenvalue weighted by atomic mass is 16.3. The third-order valence-electron chi connectivity index (χ3n) is 3.15. The summed E-state index contributed by atoms with van der Waals surface area (Å²) in [6, 6.07) is 7.97. The Kier molecular flexibility index (Phi) is 1.79. The lowest BCUT2D eigenvalue weighted by Gasteiger charge is -2.07. The van der Waals surface area contributed by atoms with Crippen molar-refractivity contribution in [2.24, 2.45) is 4.99 Å². The Bertz CT molecular complexity index is 601. The van der Waals surface area contributed by atoms with E-state index in [1.165, 1.54) is 0 Å². The summed E-state index contributed by atoms with van der Waals surface area (Å²) in [4.78, 5) is 14.4. The van der Waals surface area contributed by atoms with E-state index in [1.54, 1.807) is 6.08 Å².